The highest BCUT2D eigenvalue weighted by atomic mass is 35.5. The van der Waals surface area contributed by atoms with E-state index in [4.69, 9.17) is 16.3 Å². The van der Waals surface area contributed by atoms with Gasteiger partial charge in [-0.15, -0.1) is 11.6 Å². The number of ether oxygens (including phenoxy) is 1. The summed E-state index contributed by atoms with van der Waals surface area (Å²) in [6.45, 7) is 3.55. The van der Waals surface area contributed by atoms with Crippen LogP contribution in [-0.4, -0.2) is 17.1 Å². The van der Waals surface area contributed by atoms with Gasteiger partial charge in [0.15, 0.2) is 0 Å². The minimum Gasteiger partial charge on any atom is -0.492 e. The smallest absolute Gasteiger partial charge is 0.119 e. The summed E-state index contributed by atoms with van der Waals surface area (Å²) in [5.74, 6) is 1.35. The second-order valence-electron chi connectivity index (χ2n) is 6.62. The predicted octanol–water partition coefficient (Wildman–Crippen LogP) is 6.28. The highest BCUT2D eigenvalue weighted by Gasteiger charge is 2.15. The summed E-state index contributed by atoms with van der Waals surface area (Å²) in [6.07, 6.45) is 0. The molecule has 136 valence electrons. The first-order valence-electron chi connectivity index (χ1n) is 9.19. The molecule has 0 radical (unpaired) electrons. The lowest BCUT2D eigenvalue weighted by Crippen LogP contribution is -2.03. The molecule has 0 bridgehead atoms. The number of rotatable bonds is 6. The van der Waals surface area contributed by atoms with Gasteiger partial charge in [-0.1, -0.05) is 60.7 Å². The largest absolute Gasteiger partial charge is 0.492 e. The second kappa shape index (κ2) is 7.89. The molecule has 1 aromatic heterocycles. The minimum absolute atomic E-state index is 0.497. The van der Waals surface area contributed by atoms with Crippen LogP contribution in [0.15, 0.2) is 78.9 Å². The van der Waals surface area contributed by atoms with E-state index in [1.165, 1.54) is 33.3 Å². The van der Waals surface area contributed by atoms with Crippen molar-refractivity contribution in [1.29, 1.82) is 0 Å². The van der Waals surface area contributed by atoms with Crippen LogP contribution in [0.2, 0.25) is 0 Å². The topological polar surface area (TPSA) is 14.2 Å². The third-order valence-corrected chi connectivity index (χ3v) is 5.04. The average Bonchev–Trinajstić information content (AvgIpc) is 3.00. The molecule has 4 aromatic rings. The molecule has 4 rings (SSSR count). The number of hydrogen-bond acceptors (Lipinski definition) is 1. The molecule has 1 heterocycles. The van der Waals surface area contributed by atoms with Crippen molar-refractivity contribution in [2.75, 3.05) is 12.5 Å². The van der Waals surface area contributed by atoms with Crippen LogP contribution in [0.25, 0.3) is 22.2 Å². The number of aromatic nitrogens is 1. The van der Waals surface area contributed by atoms with Gasteiger partial charge in [0.25, 0.3) is 0 Å². The Bertz CT molecular complexity index is 1040. The summed E-state index contributed by atoms with van der Waals surface area (Å²) in [6, 6.07) is 27.5. The number of para-hydroxylation sites is 1. The Hall–Kier alpha value is -2.71. The SMILES string of the molecule is Cc1c(-c2ccccc2)n(Cc2ccc(OCCCl)cc2)c2ccccc12. The fourth-order valence-electron chi connectivity index (χ4n) is 3.64. The molecule has 0 unspecified atom stereocenters. The first kappa shape index (κ1) is 17.7. The Morgan fingerprint density at radius 3 is 2.30 bits per heavy atom. The molecular formula is C24H22ClNO. The number of nitrogens with zero attached hydrogens (tertiary/aromatic N) is 1. The average molecular weight is 376 g/mol. The van der Waals surface area contributed by atoms with E-state index >= 15 is 0 Å². The van der Waals surface area contributed by atoms with E-state index in [9.17, 15) is 0 Å². The number of halogens is 1. The van der Waals surface area contributed by atoms with Crippen LogP contribution in [0.4, 0.5) is 0 Å². The number of alkyl halides is 1. The van der Waals surface area contributed by atoms with Gasteiger partial charge in [0.2, 0.25) is 0 Å². The Kier molecular flexibility index (Phi) is 5.17. The molecule has 0 saturated carbocycles. The maximum Gasteiger partial charge on any atom is 0.119 e. The third-order valence-electron chi connectivity index (χ3n) is 4.88. The van der Waals surface area contributed by atoms with Crippen molar-refractivity contribution in [3.05, 3.63) is 90.0 Å². The van der Waals surface area contributed by atoms with Gasteiger partial charge < -0.3 is 9.30 Å². The molecule has 2 nitrogen and oxygen atoms in total. The van der Waals surface area contributed by atoms with Crippen molar-refractivity contribution in [1.82, 2.24) is 4.57 Å². The first-order chi connectivity index (χ1) is 13.3. The highest BCUT2D eigenvalue weighted by Crippen LogP contribution is 2.34. The third kappa shape index (κ3) is 3.58. The summed E-state index contributed by atoms with van der Waals surface area (Å²) in [5, 5.41) is 1.30. The molecule has 3 heteroatoms. The lowest BCUT2D eigenvalue weighted by Gasteiger charge is -2.13. The fourth-order valence-corrected chi connectivity index (χ4v) is 3.72. The zero-order chi connectivity index (χ0) is 18.6. The zero-order valence-corrected chi connectivity index (χ0v) is 16.1. The van der Waals surface area contributed by atoms with E-state index in [2.05, 4.69) is 78.2 Å². The van der Waals surface area contributed by atoms with E-state index in [-0.39, 0.29) is 0 Å². The molecule has 0 spiro atoms. The number of aryl methyl sites for hydroxylation is 1. The van der Waals surface area contributed by atoms with Crippen LogP contribution in [0.3, 0.4) is 0 Å². The molecular weight excluding hydrogens is 354 g/mol. The summed E-state index contributed by atoms with van der Waals surface area (Å²) >= 11 is 5.70. The van der Waals surface area contributed by atoms with Crippen LogP contribution < -0.4 is 4.74 Å². The van der Waals surface area contributed by atoms with Crippen molar-refractivity contribution < 1.29 is 4.74 Å². The van der Waals surface area contributed by atoms with Gasteiger partial charge in [0.05, 0.1) is 11.6 Å². The van der Waals surface area contributed by atoms with Gasteiger partial charge in [-0.05, 0) is 41.8 Å². The standard InChI is InChI=1S/C24H22ClNO/c1-18-22-9-5-6-10-23(22)26(24(18)20-7-3-2-4-8-20)17-19-11-13-21(14-12-19)27-16-15-25/h2-14H,15-17H2,1H3. The van der Waals surface area contributed by atoms with E-state index in [0.29, 0.717) is 12.5 Å². The molecule has 0 aliphatic heterocycles. The van der Waals surface area contributed by atoms with Gasteiger partial charge >= 0.3 is 0 Å². The lowest BCUT2D eigenvalue weighted by atomic mass is 10.1. The normalized spacial score (nSPS) is 11.0. The maximum absolute atomic E-state index is 5.70. The molecule has 3 aromatic carbocycles. The molecule has 0 saturated heterocycles. The van der Waals surface area contributed by atoms with Crippen molar-refractivity contribution in [2.45, 2.75) is 13.5 Å². The Morgan fingerprint density at radius 2 is 1.56 bits per heavy atom. The van der Waals surface area contributed by atoms with Crippen molar-refractivity contribution >= 4 is 22.5 Å². The Balaban J connectivity index is 1.77. The molecule has 0 N–H and O–H groups in total. The monoisotopic (exact) mass is 375 g/mol. The number of fused-ring (bicyclic) bond motifs is 1. The van der Waals surface area contributed by atoms with E-state index in [1.807, 2.05) is 12.1 Å². The summed E-state index contributed by atoms with van der Waals surface area (Å²) in [4.78, 5) is 0. The molecule has 0 amide bonds. The van der Waals surface area contributed by atoms with Crippen LogP contribution in [0.1, 0.15) is 11.1 Å². The lowest BCUT2D eigenvalue weighted by molar-refractivity contribution is 0.342. The zero-order valence-electron chi connectivity index (χ0n) is 15.4. The quantitative estimate of drug-likeness (QED) is 0.361. The van der Waals surface area contributed by atoms with Gasteiger partial charge in [-0.25, -0.2) is 0 Å². The molecule has 0 aliphatic rings. The van der Waals surface area contributed by atoms with Crippen molar-refractivity contribution in [3.8, 4) is 17.0 Å². The molecule has 0 atom stereocenters. The summed E-state index contributed by atoms with van der Waals surface area (Å²) in [5.41, 5.74) is 6.34. The number of hydrogen-bond donors (Lipinski definition) is 0. The Labute approximate surface area is 165 Å². The summed E-state index contributed by atoms with van der Waals surface area (Å²) < 4.78 is 8.00. The van der Waals surface area contributed by atoms with Crippen molar-refractivity contribution in [2.24, 2.45) is 0 Å². The van der Waals surface area contributed by atoms with Crippen LogP contribution in [-0.2, 0) is 6.54 Å². The number of benzene rings is 3. The Morgan fingerprint density at radius 1 is 0.852 bits per heavy atom. The predicted molar refractivity (Wildman–Crippen MR) is 114 cm³/mol. The van der Waals surface area contributed by atoms with Gasteiger partial charge in [-0.2, -0.15) is 0 Å². The maximum atomic E-state index is 5.70. The molecule has 0 fully saturated rings. The van der Waals surface area contributed by atoms with Crippen molar-refractivity contribution in [3.63, 3.8) is 0 Å². The van der Waals surface area contributed by atoms with Gasteiger partial charge in [-0.3, -0.25) is 0 Å². The summed E-state index contributed by atoms with van der Waals surface area (Å²) in [7, 11) is 0. The first-order valence-corrected chi connectivity index (χ1v) is 9.72. The van der Waals surface area contributed by atoms with E-state index in [0.717, 1.165) is 12.3 Å². The van der Waals surface area contributed by atoms with Crippen LogP contribution >= 0.6 is 11.6 Å². The van der Waals surface area contributed by atoms with Crippen LogP contribution in [0, 0.1) is 6.92 Å². The van der Waals surface area contributed by atoms with Gasteiger partial charge in [0.1, 0.15) is 12.4 Å². The minimum atomic E-state index is 0.497. The highest BCUT2D eigenvalue weighted by molar-refractivity contribution is 6.18. The van der Waals surface area contributed by atoms with E-state index < -0.39 is 0 Å². The molecule has 27 heavy (non-hydrogen) atoms. The van der Waals surface area contributed by atoms with Crippen LogP contribution in [0.5, 0.6) is 5.75 Å². The molecule has 0 aliphatic carbocycles. The van der Waals surface area contributed by atoms with E-state index in [1.54, 1.807) is 0 Å². The second-order valence-corrected chi connectivity index (χ2v) is 7.00. The fraction of sp³-hybridized carbons (Fsp3) is 0.167. The van der Waals surface area contributed by atoms with Gasteiger partial charge in [0, 0.05) is 17.4 Å².